The molecule has 2 rings (SSSR count). The molecule has 7 heteroatoms. The first-order valence-corrected chi connectivity index (χ1v) is 6.69. The number of aromatic nitrogens is 1. The first-order valence-electron chi connectivity index (χ1n) is 6.69. The van der Waals surface area contributed by atoms with Crippen LogP contribution in [0.3, 0.4) is 0 Å². The molecule has 1 aliphatic rings. The summed E-state index contributed by atoms with van der Waals surface area (Å²) in [6.45, 7) is 5.54. The molecule has 21 heavy (non-hydrogen) atoms. The highest BCUT2D eigenvalue weighted by Crippen LogP contribution is 2.35. The molecule has 0 amide bonds. The maximum absolute atomic E-state index is 13.0. The van der Waals surface area contributed by atoms with Crippen LogP contribution in [0.25, 0.3) is 0 Å². The predicted molar refractivity (Wildman–Crippen MR) is 72.7 cm³/mol. The van der Waals surface area contributed by atoms with Crippen LogP contribution in [0.5, 0.6) is 0 Å². The number of pyridine rings is 1. The number of hydrogen-bond donors (Lipinski definition) is 0. The topological polar surface area (TPSA) is 43.2 Å². The normalized spacial score (nSPS) is 17.6. The Bertz CT molecular complexity index is 540. The summed E-state index contributed by atoms with van der Waals surface area (Å²) < 4.78 is 39.0. The van der Waals surface area contributed by atoms with Crippen LogP contribution >= 0.6 is 0 Å². The second-order valence-corrected chi connectivity index (χ2v) is 5.52. The van der Waals surface area contributed by atoms with Crippen molar-refractivity contribution in [2.24, 2.45) is 0 Å². The molecule has 0 aromatic carbocycles. The lowest BCUT2D eigenvalue weighted by atomic mass is 10.0. The number of nitrogens with zero attached hydrogens (tertiary/aromatic N) is 4. The van der Waals surface area contributed by atoms with Crippen LogP contribution in [-0.2, 0) is 6.18 Å². The average molecular weight is 298 g/mol. The van der Waals surface area contributed by atoms with E-state index in [-0.39, 0.29) is 5.82 Å². The molecule has 1 aromatic heterocycles. The van der Waals surface area contributed by atoms with Gasteiger partial charge in [-0.2, -0.15) is 18.4 Å². The number of nitriles is 1. The second kappa shape index (κ2) is 5.53. The van der Waals surface area contributed by atoms with E-state index in [1.165, 1.54) is 12.3 Å². The summed E-state index contributed by atoms with van der Waals surface area (Å²) >= 11 is 0. The Balaban J connectivity index is 2.16. The van der Waals surface area contributed by atoms with Crippen molar-refractivity contribution in [2.45, 2.75) is 25.6 Å². The fourth-order valence-electron chi connectivity index (χ4n) is 2.42. The third kappa shape index (κ3) is 3.27. The van der Waals surface area contributed by atoms with Crippen molar-refractivity contribution in [1.82, 2.24) is 9.88 Å². The standard InChI is InChI=1S/C14H17F3N4/c1-13(2,10-18)21-8-6-20(7-9-21)12-11(14(15,16)17)4-3-5-19-12/h3-5H,6-9H2,1-2H3. The van der Waals surface area contributed by atoms with Crippen LogP contribution in [0.4, 0.5) is 19.0 Å². The third-order valence-electron chi connectivity index (χ3n) is 3.74. The first kappa shape index (κ1) is 15.6. The zero-order valence-corrected chi connectivity index (χ0v) is 12.0. The largest absolute Gasteiger partial charge is 0.419 e. The van der Waals surface area contributed by atoms with Crippen molar-refractivity contribution in [3.05, 3.63) is 23.9 Å². The fraction of sp³-hybridized carbons (Fsp3) is 0.571. The minimum absolute atomic E-state index is 0.0283. The number of rotatable bonds is 2. The molecule has 0 unspecified atom stereocenters. The molecule has 0 spiro atoms. The van der Waals surface area contributed by atoms with Gasteiger partial charge >= 0.3 is 6.18 Å². The van der Waals surface area contributed by atoms with Crippen LogP contribution in [0.2, 0.25) is 0 Å². The number of piperazine rings is 1. The van der Waals surface area contributed by atoms with E-state index >= 15 is 0 Å². The molecule has 1 aliphatic heterocycles. The van der Waals surface area contributed by atoms with Crippen molar-refractivity contribution in [2.75, 3.05) is 31.1 Å². The average Bonchev–Trinajstić information content (AvgIpc) is 2.46. The molecule has 1 fully saturated rings. The molecule has 0 aliphatic carbocycles. The minimum Gasteiger partial charge on any atom is -0.354 e. The van der Waals surface area contributed by atoms with Gasteiger partial charge in [0.05, 0.1) is 11.6 Å². The van der Waals surface area contributed by atoms with Gasteiger partial charge in [0, 0.05) is 32.4 Å². The van der Waals surface area contributed by atoms with Gasteiger partial charge < -0.3 is 4.90 Å². The van der Waals surface area contributed by atoms with Crippen LogP contribution in [0, 0.1) is 11.3 Å². The van der Waals surface area contributed by atoms with Gasteiger partial charge in [0.2, 0.25) is 0 Å². The maximum Gasteiger partial charge on any atom is 0.419 e. The van der Waals surface area contributed by atoms with Gasteiger partial charge in [-0.15, -0.1) is 0 Å². The highest BCUT2D eigenvalue weighted by atomic mass is 19.4. The zero-order chi connectivity index (χ0) is 15.7. The zero-order valence-electron chi connectivity index (χ0n) is 12.0. The monoisotopic (exact) mass is 298 g/mol. The number of alkyl halides is 3. The molecule has 0 saturated carbocycles. The quantitative estimate of drug-likeness (QED) is 0.841. The smallest absolute Gasteiger partial charge is 0.354 e. The summed E-state index contributed by atoms with van der Waals surface area (Å²) in [5.74, 6) is -0.0283. The minimum atomic E-state index is -4.41. The highest BCUT2D eigenvalue weighted by molar-refractivity contribution is 5.48. The Labute approximate surface area is 121 Å². The van der Waals surface area contributed by atoms with Gasteiger partial charge in [-0.25, -0.2) is 4.98 Å². The summed E-state index contributed by atoms with van der Waals surface area (Å²) in [6.07, 6.45) is -3.04. The van der Waals surface area contributed by atoms with Crippen molar-refractivity contribution in [1.29, 1.82) is 5.26 Å². The van der Waals surface area contributed by atoms with Crippen LogP contribution in [0.15, 0.2) is 18.3 Å². The van der Waals surface area contributed by atoms with Gasteiger partial charge in [-0.1, -0.05) is 0 Å². The van der Waals surface area contributed by atoms with Crippen molar-refractivity contribution >= 4 is 5.82 Å². The summed E-state index contributed by atoms with van der Waals surface area (Å²) in [5.41, 5.74) is -1.32. The van der Waals surface area contributed by atoms with Gasteiger partial charge in [-0.05, 0) is 26.0 Å². The Morgan fingerprint density at radius 3 is 2.33 bits per heavy atom. The molecular weight excluding hydrogens is 281 g/mol. The summed E-state index contributed by atoms with van der Waals surface area (Å²) in [6, 6.07) is 4.56. The Morgan fingerprint density at radius 2 is 1.81 bits per heavy atom. The van der Waals surface area contributed by atoms with Crippen LogP contribution in [0.1, 0.15) is 19.4 Å². The van der Waals surface area contributed by atoms with E-state index in [1.54, 1.807) is 4.90 Å². The van der Waals surface area contributed by atoms with E-state index < -0.39 is 17.3 Å². The lowest BCUT2D eigenvalue weighted by Gasteiger charge is -2.41. The Hall–Kier alpha value is -1.81. The summed E-state index contributed by atoms with van der Waals surface area (Å²) in [7, 11) is 0. The summed E-state index contributed by atoms with van der Waals surface area (Å²) in [4.78, 5) is 7.50. The van der Waals surface area contributed by atoms with E-state index in [1.807, 2.05) is 18.7 Å². The van der Waals surface area contributed by atoms with Gasteiger partial charge in [-0.3, -0.25) is 4.90 Å². The van der Waals surface area contributed by atoms with Crippen LogP contribution in [-0.4, -0.2) is 41.6 Å². The second-order valence-electron chi connectivity index (χ2n) is 5.52. The number of hydrogen-bond acceptors (Lipinski definition) is 4. The fourth-order valence-corrected chi connectivity index (χ4v) is 2.42. The van der Waals surface area contributed by atoms with Crippen molar-refractivity contribution in [3.63, 3.8) is 0 Å². The molecule has 114 valence electrons. The van der Waals surface area contributed by atoms with Crippen molar-refractivity contribution < 1.29 is 13.2 Å². The molecule has 4 nitrogen and oxygen atoms in total. The van der Waals surface area contributed by atoms with E-state index in [0.717, 1.165) is 6.07 Å². The summed E-state index contributed by atoms with van der Waals surface area (Å²) in [5, 5.41) is 9.11. The van der Waals surface area contributed by atoms with Gasteiger partial charge in [0.25, 0.3) is 0 Å². The molecule has 1 aromatic rings. The Morgan fingerprint density at radius 1 is 1.19 bits per heavy atom. The van der Waals surface area contributed by atoms with Crippen LogP contribution < -0.4 is 4.90 Å². The first-order chi connectivity index (χ1) is 9.75. The number of halogens is 3. The van der Waals surface area contributed by atoms with Gasteiger partial charge in [0.1, 0.15) is 11.4 Å². The van der Waals surface area contributed by atoms with E-state index in [9.17, 15) is 13.2 Å². The molecule has 0 bridgehead atoms. The molecule has 0 atom stereocenters. The Kier molecular flexibility index (Phi) is 4.10. The SMILES string of the molecule is CC(C)(C#N)N1CCN(c2ncccc2C(F)(F)F)CC1. The maximum atomic E-state index is 13.0. The van der Waals surface area contributed by atoms with Crippen molar-refractivity contribution in [3.8, 4) is 6.07 Å². The third-order valence-corrected chi connectivity index (χ3v) is 3.74. The number of anilines is 1. The molecule has 0 radical (unpaired) electrons. The molecule has 1 saturated heterocycles. The molecule has 0 N–H and O–H groups in total. The van der Waals surface area contributed by atoms with E-state index in [0.29, 0.717) is 26.2 Å². The lowest BCUT2D eigenvalue weighted by Crippen LogP contribution is -2.54. The van der Waals surface area contributed by atoms with E-state index in [4.69, 9.17) is 5.26 Å². The van der Waals surface area contributed by atoms with Gasteiger partial charge in [0.15, 0.2) is 0 Å². The lowest BCUT2D eigenvalue weighted by molar-refractivity contribution is -0.137. The predicted octanol–water partition coefficient (Wildman–Crippen LogP) is 2.52. The highest BCUT2D eigenvalue weighted by Gasteiger charge is 2.37. The van der Waals surface area contributed by atoms with E-state index in [2.05, 4.69) is 11.1 Å². The molecular formula is C14H17F3N4. The molecule has 2 heterocycles.